The van der Waals surface area contributed by atoms with Crippen molar-refractivity contribution in [2.45, 2.75) is 25.4 Å². The van der Waals surface area contributed by atoms with Gasteiger partial charge >= 0.3 is 0 Å². The van der Waals surface area contributed by atoms with Crippen LogP contribution in [0.1, 0.15) is 33.6 Å². The number of halogens is 1. The second kappa shape index (κ2) is 8.56. The third kappa shape index (κ3) is 4.05. The number of carbonyl (C=O) groups excluding carboxylic acids is 5. The summed E-state index contributed by atoms with van der Waals surface area (Å²) in [4.78, 5) is 63.2. The van der Waals surface area contributed by atoms with Gasteiger partial charge in [-0.2, -0.15) is 0 Å². The van der Waals surface area contributed by atoms with Crippen LogP contribution in [0, 0.1) is 5.82 Å². The maximum absolute atomic E-state index is 13.5. The summed E-state index contributed by atoms with van der Waals surface area (Å²) in [5.74, 6) is -3.57. The molecule has 3 aromatic rings. The van der Waals surface area contributed by atoms with Crippen molar-refractivity contribution in [2.24, 2.45) is 0 Å². The van der Waals surface area contributed by atoms with Gasteiger partial charge in [-0.1, -0.05) is 23.4 Å². The van der Waals surface area contributed by atoms with E-state index in [1.807, 2.05) is 0 Å². The summed E-state index contributed by atoms with van der Waals surface area (Å²) >= 11 is 0. The molecule has 3 heterocycles. The van der Waals surface area contributed by atoms with E-state index in [9.17, 15) is 28.4 Å². The monoisotopic (exact) mass is 476 g/mol. The summed E-state index contributed by atoms with van der Waals surface area (Å²) in [5.41, 5.74) is 0.987. The van der Waals surface area contributed by atoms with Crippen molar-refractivity contribution in [1.82, 2.24) is 25.2 Å². The molecule has 1 saturated heterocycles. The van der Waals surface area contributed by atoms with Crippen LogP contribution in [0.25, 0.3) is 11.3 Å². The van der Waals surface area contributed by atoms with Crippen LogP contribution in [-0.2, 0) is 20.9 Å². The van der Waals surface area contributed by atoms with Crippen molar-refractivity contribution in [3.8, 4) is 11.3 Å². The lowest BCUT2D eigenvalue weighted by Gasteiger charge is -2.27. The summed E-state index contributed by atoms with van der Waals surface area (Å²) in [6, 6.07) is 9.07. The van der Waals surface area contributed by atoms with Gasteiger partial charge in [0.05, 0.1) is 23.0 Å². The smallest absolute Gasteiger partial charge is 0.264 e. The number of nitrogens with zero attached hydrogens (tertiary/aromatic N) is 4. The highest BCUT2D eigenvalue weighted by Crippen LogP contribution is 2.32. The first-order valence-electron chi connectivity index (χ1n) is 10.6. The van der Waals surface area contributed by atoms with Gasteiger partial charge < -0.3 is 5.32 Å². The lowest BCUT2D eigenvalue weighted by atomic mass is 10.0. The van der Waals surface area contributed by atoms with E-state index in [-0.39, 0.29) is 36.2 Å². The first kappa shape index (κ1) is 22.1. The van der Waals surface area contributed by atoms with Gasteiger partial charge in [0.25, 0.3) is 11.8 Å². The van der Waals surface area contributed by atoms with Crippen LogP contribution in [-0.4, -0.2) is 55.5 Å². The summed E-state index contributed by atoms with van der Waals surface area (Å²) in [6.45, 7) is -0.259. The molecule has 0 aliphatic carbocycles. The summed E-state index contributed by atoms with van der Waals surface area (Å²) in [5, 5.41) is 12.5. The quantitative estimate of drug-likeness (QED) is 0.525. The molecule has 11 nitrogen and oxygen atoms in total. The number of hydrogen-bond acceptors (Lipinski definition) is 7. The molecule has 1 fully saturated rings. The molecule has 2 aliphatic rings. The van der Waals surface area contributed by atoms with E-state index in [0.717, 1.165) is 4.90 Å². The molecule has 5 amide bonds. The van der Waals surface area contributed by atoms with Gasteiger partial charge in [0.1, 0.15) is 24.1 Å². The van der Waals surface area contributed by atoms with E-state index in [1.54, 1.807) is 6.07 Å². The molecule has 12 heteroatoms. The van der Waals surface area contributed by atoms with Crippen LogP contribution < -0.4 is 10.6 Å². The number of anilines is 1. The van der Waals surface area contributed by atoms with Crippen molar-refractivity contribution in [2.75, 3.05) is 5.32 Å². The molecular formula is C23H17FN6O5. The average molecular weight is 476 g/mol. The number of hydrogen-bond donors (Lipinski definition) is 2. The number of aromatic nitrogens is 3. The Balaban J connectivity index is 1.33. The Morgan fingerprint density at radius 2 is 1.91 bits per heavy atom. The molecule has 176 valence electrons. The van der Waals surface area contributed by atoms with Crippen LogP contribution in [0.15, 0.2) is 48.7 Å². The molecular weight excluding hydrogens is 459 g/mol. The van der Waals surface area contributed by atoms with Crippen LogP contribution >= 0.6 is 0 Å². The van der Waals surface area contributed by atoms with Crippen molar-refractivity contribution in [1.29, 1.82) is 0 Å². The Morgan fingerprint density at radius 1 is 1.11 bits per heavy atom. The number of rotatable bonds is 5. The predicted molar refractivity (Wildman–Crippen MR) is 117 cm³/mol. The van der Waals surface area contributed by atoms with Crippen LogP contribution in [0.2, 0.25) is 0 Å². The molecule has 1 atom stereocenters. The molecule has 2 aromatic carbocycles. The van der Waals surface area contributed by atoms with Gasteiger partial charge in [-0.25, -0.2) is 9.07 Å². The second-order valence-corrected chi connectivity index (χ2v) is 8.04. The third-order valence-electron chi connectivity index (χ3n) is 5.71. The lowest BCUT2D eigenvalue weighted by Crippen LogP contribution is -2.54. The largest absolute Gasteiger partial charge is 0.324 e. The van der Waals surface area contributed by atoms with Crippen molar-refractivity contribution in [3.05, 3.63) is 65.6 Å². The fourth-order valence-corrected chi connectivity index (χ4v) is 4.11. The minimum atomic E-state index is -1.11. The zero-order chi connectivity index (χ0) is 24.7. The average Bonchev–Trinajstić information content (AvgIpc) is 3.37. The first-order valence-corrected chi connectivity index (χ1v) is 10.6. The molecule has 2 aliphatic heterocycles. The molecule has 1 aromatic heterocycles. The van der Waals surface area contributed by atoms with E-state index in [2.05, 4.69) is 20.9 Å². The summed E-state index contributed by atoms with van der Waals surface area (Å²) < 4.78 is 14.7. The van der Waals surface area contributed by atoms with Gasteiger partial charge in [-0.05, 0) is 30.7 Å². The Morgan fingerprint density at radius 3 is 2.69 bits per heavy atom. The first-order chi connectivity index (χ1) is 16.8. The zero-order valence-corrected chi connectivity index (χ0v) is 18.0. The molecule has 35 heavy (non-hydrogen) atoms. The molecule has 0 spiro atoms. The maximum Gasteiger partial charge on any atom is 0.264 e. The maximum atomic E-state index is 13.5. The number of amides is 5. The van der Waals surface area contributed by atoms with Gasteiger partial charge in [-0.15, -0.1) is 5.10 Å². The number of carbonyl (C=O) groups is 5. The van der Waals surface area contributed by atoms with Crippen molar-refractivity contribution >= 4 is 35.2 Å². The van der Waals surface area contributed by atoms with Crippen molar-refractivity contribution < 1.29 is 28.4 Å². The van der Waals surface area contributed by atoms with Crippen molar-refractivity contribution in [3.63, 3.8) is 0 Å². The fraction of sp³-hybridized carbons (Fsp3) is 0.174. The number of imide groups is 2. The molecule has 1 unspecified atom stereocenters. The van der Waals surface area contributed by atoms with Gasteiger partial charge in [0.15, 0.2) is 0 Å². The minimum absolute atomic E-state index is 0.00290. The predicted octanol–water partition coefficient (Wildman–Crippen LogP) is 1.12. The van der Waals surface area contributed by atoms with E-state index in [1.165, 1.54) is 47.3 Å². The molecule has 2 N–H and O–H groups in total. The van der Waals surface area contributed by atoms with E-state index >= 15 is 0 Å². The Bertz CT molecular complexity index is 1420. The van der Waals surface area contributed by atoms with E-state index in [0.29, 0.717) is 11.3 Å². The standard InChI is InChI=1S/C23H17FN6O5/c24-13-4-1-3-12(9-13)16-10-29(28-27-16)11-19(32)25-15-6-2-5-14-20(15)23(35)30(22(14)34)17-7-8-18(31)26-21(17)33/h1-6,9-10,17H,7-8,11H2,(H,25,32)(H,26,31,33). The second-order valence-electron chi connectivity index (χ2n) is 8.04. The highest BCUT2D eigenvalue weighted by Gasteiger charge is 2.45. The lowest BCUT2D eigenvalue weighted by molar-refractivity contribution is -0.136. The fourth-order valence-electron chi connectivity index (χ4n) is 4.11. The summed E-state index contributed by atoms with van der Waals surface area (Å²) in [7, 11) is 0. The van der Waals surface area contributed by atoms with Crippen LogP contribution in [0.3, 0.4) is 0 Å². The Labute approximate surface area is 196 Å². The van der Waals surface area contributed by atoms with Crippen LogP contribution in [0.4, 0.5) is 10.1 Å². The van der Waals surface area contributed by atoms with Gasteiger partial charge in [0, 0.05) is 12.0 Å². The Hall–Kier alpha value is -4.74. The molecule has 0 radical (unpaired) electrons. The number of benzene rings is 2. The van der Waals surface area contributed by atoms with Crippen LogP contribution in [0.5, 0.6) is 0 Å². The topological polar surface area (TPSA) is 143 Å². The number of nitrogens with one attached hydrogen (secondary N) is 2. The zero-order valence-electron chi connectivity index (χ0n) is 18.0. The van der Waals surface area contributed by atoms with E-state index < -0.39 is 41.4 Å². The molecule has 0 saturated carbocycles. The van der Waals surface area contributed by atoms with Gasteiger partial charge in [-0.3, -0.25) is 34.2 Å². The highest BCUT2D eigenvalue weighted by molar-refractivity contribution is 6.26. The third-order valence-corrected chi connectivity index (χ3v) is 5.71. The Kier molecular flexibility index (Phi) is 5.40. The van der Waals surface area contributed by atoms with E-state index in [4.69, 9.17) is 0 Å². The molecule has 0 bridgehead atoms. The SMILES string of the molecule is O=C1CCC(N2C(=O)c3cccc(NC(=O)Cn4cc(-c5cccc(F)c5)nn4)c3C2=O)C(=O)N1. The normalized spacial score (nSPS) is 17.4. The highest BCUT2D eigenvalue weighted by atomic mass is 19.1. The number of fused-ring (bicyclic) bond motifs is 1. The summed E-state index contributed by atoms with van der Waals surface area (Å²) in [6.07, 6.45) is 1.50. The molecule has 5 rings (SSSR count). The number of piperidine rings is 1. The minimum Gasteiger partial charge on any atom is -0.324 e. The van der Waals surface area contributed by atoms with Gasteiger partial charge in [0.2, 0.25) is 17.7 Å².